The number of H-pyrrole nitrogens is 1. The van der Waals surface area contributed by atoms with E-state index in [9.17, 15) is 14.4 Å². The van der Waals surface area contributed by atoms with Crippen LogP contribution in [0, 0.1) is 6.92 Å². The van der Waals surface area contributed by atoms with E-state index in [1.807, 2.05) is 10.6 Å². The Morgan fingerprint density at radius 3 is 2.72 bits per heavy atom. The molecule has 1 N–H and O–H groups in total. The van der Waals surface area contributed by atoms with Gasteiger partial charge in [-0.1, -0.05) is 42.1 Å². The summed E-state index contributed by atoms with van der Waals surface area (Å²) < 4.78 is 15.2. The van der Waals surface area contributed by atoms with Crippen molar-refractivity contribution in [2.75, 3.05) is 12.4 Å². The molecule has 2 atom stereocenters. The highest BCUT2D eigenvalue weighted by atomic mass is 79.9. The lowest BCUT2D eigenvalue weighted by Gasteiger charge is -2.16. The van der Waals surface area contributed by atoms with Crippen LogP contribution in [-0.4, -0.2) is 48.7 Å². The number of nitrogens with zero attached hydrogens (tertiary/aromatic N) is 4. The molecule has 1 saturated carbocycles. The molecule has 3 heterocycles. The molecule has 2 fully saturated rings. The lowest BCUT2D eigenvalue weighted by Crippen LogP contribution is -2.33. The van der Waals surface area contributed by atoms with E-state index < -0.39 is 23.4 Å². The second-order valence-electron chi connectivity index (χ2n) is 9.82. The summed E-state index contributed by atoms with van der Waals surface area (Å²) in [6.45, 7) is 1.71. The van der Waals surface area contributed by atoms with Crippen molar-refractivity contribution < 1.29 is 14.3 Å². The third kappa shape index (κ3) is 5.32. The van der Waals surface area contributed by atoms with Crippen molar-refractivity contribution in [3.8, 4) is 5.69 Å². The van der Waals surface area contributed by atoms with Crippen LogP contribution < -0.4 is 11.2 Å². The average molecular weight is 613 g/mol. The summed E-state index contributed by atoms with van der Waals surface area (Å²) in [6.07, 6.45) is 4.30. The van der Waals surface area contributed by atoms with Crippen LogP contribution in [0.5, 0.6) is 0 Å². The Labute approximate surface area is 235 Å². The van der Waals surface area contributed by atoms with Crippen LogP contribution in [-0.2, 0) is 14.3 Å². The molecule has 2 aromatic carbocycles. The van der Waals surface area contributed by atoms with Gasteiger partial charge in [0.2, 0.25) is 4.73 Å². The Bertz CT molecular complexity index is 1680. The van der Waals surface area contributed by atoms with Gasteiger partial charge < -0.3 is 9.47 Å². The second-order valence-corrected chi connectivity index (χ2v) is 11.5. The van der Waals surface area contributed by atoms with Gasteiger partial charge in [-0.15, -0.1) is 10.2 Å². The van der Waals surface area contributed by atoms with Crippen molar-refractivity contribution in [2.45, 2.75) is 56.0 Å². The molecule has 2 aromatic heterocycles. The normalized spacial score (nSPS) is 19.0. The number of aryl methyl sites for hydroxylation is 1. The number of esters is 1. The lowest BCUT2D eigenvalue weighted by atomic mass is 9.99. The molecule has 0 bridgehead atoms. The van der Waals surface area contributed by atoms with Crippen LogP contribution in [0.15, 0.2) is 62.1 Å². The number of fused-ring (bicyclic) bond motifs is 1. The maximum absolute atomic E-state index is 12.6. The Kier molecular flexibility index (Phi) is 7.17. The minimum absolute atomic E-state index is 0.0535. The number of ether oxygens (including phenoxy) is 2. The summed E-state index contributed by atoms with van der Waals surface area (Å²) in [4.78, 5) is 38.7. The van der Waals surface area contributed by atoms with Crippen molar-refractivity contribution in [1.82, 2.24) is 24.3 Å². The highest BCUT2D eigenvalue weighted by Gasteiger charge is 2.29. The number of nitrogens with one attached hydrogen (secondary N) is 1. The van der Waals surface area contributed by atoms with Gasteiger partial charge in [-0.3, -0.25) is 23.7 Å². The van der Waals surface area contributed by atoms with Crippen molar-refractivity contribution in [2.24, 2.45) is 0 Å². The Morgan fingerprint density at radius 1 is 1.13 bits per heavy atom. The number of halogens is 1. The van der Waals surface area contributed by atoms with E-state index in [4.69, 9.17) is 9.47 Å². The third-order valence-corrected chi connectivity index (χ3v) is 8.49. The predicted molar refractivity (Wildman–Crippen MR) is 149 cm³/mol. The first-order valence-corrected chi connectivity index (χ1v) is 14.6. The maximum atomic E-state index is 12.6. The molecule has 12 heteroatoms. The van der Waals surface area contributed by atoms with Crippen LogP contribution in [0.4, 0.5) is 0 Å². The lowest BCUT2D eigenvalue weighted by molar-refractivity contribution is -0.145. The van der Waals surface area contributed by atoms with Gasteiger partial charge in [0.1, 0.15) is 12.8 Å². The Morgan fingerprint density at radius 2 is 1.92 bits per heavy atom. The topological polar surface area (TPSA) is 121 Å². The monoisotopic (exact) mass is 611 g/mol. The molecule has 2 aliphatic rings. The van der Waals surface area contributed by atoms with Gasteiger partial charge in [0.25, 0.3) is 5.56 Å². The number of carbonyl (C=O) groups is 1. The standard InChI is InChI=1S/C27H26BrN5O5S/c1-15-12-32(26(36)29-24(15)35)22-11-8-17(38-22)13-37-23(34)14-39-27-31-30-25(28)33(27)21-10-9-18(16-6-7-16)19-4-2-3-5-20(19)21/h2-5,9-10,12,16-17,22H,6-8,11,13-14H2,1H3,(H,29,35,36)/t17-,22+/m0/s1. The fourth-order valence-corrected chi connectivity index (χ4v) is 6.26. The molecule has 6 rings (SSSR count). The van der Waals surface area contributed by atoms with E-state index in [1.165, 1.54) is 46.3 Å². The van der Waals surface area contributed by atoms with E-state index in [0.717, 1.165) is 11.1 Å². The number of thioether (sulfide) groups is 1. The fraction of sp³-hybridized carbons (Fsp3) is 0.370. The summed E-state index contributed by atoms with van der Waals surface area (Å²) in [7, 11) is 0. The first kappa shape index (κ1) is 26.0. The van der Waals surface area contributed by atoms with E-state index in [1.54, 1.807) is 6.92 Å². The van der Waals surface area contributed by atoms with Crippen LogP contribution in [0.1, 0.15) is 49.0 Å². The third-order valence-electron chi connectivity index (χ3n) is 7.08. The van der Waals surface area contributed by atoms with Crippen molar-refractivity contribution in [1.29, 1.82) is 0 Å². The van der Waals surface area contributed by atoms with Gasteiger partial charge in [0.05, 0.1) is 17.5 Å². The molecular weight excluding hydrogens is 586 g/mol. The number of carbonyl (C=O) groups excluding carboxylic acids is 1. The molecule has 0 unspecified atom stereocenters. The van der Waals surface area contributed by atoms with Gasteiger partial charge in [-0.05, 0) is 71.5 Å². The largest absolute Gasteiger partial charge is 0.462 e. The predicted octanol–water partition coefficient (Wildman–Crippen LogP) is 4.23. The molecule has 10 nitrogen and oxygen atoms in total. The first-order chi connectivity index (χ1) is 18.9. The minimum Gasteiger partial charge on any atom is -0.462 e. The Hall–Kier alpha value is -3.22. The van der Waals surface area contributed by atoms with E-state index >= 15 is 0 Å². The maximum Gasteiger partial charge on any atom is 0.330 e. The minimum atomic E-state index is -0.519. The summed E-state index contributed by atoms with van der Waals surface area (Å²) >= 11 is 4.77. The van der Waals surface area contributed by atoms with Crippen molar-refractivity contribution in [3.05, 3.63) is 79.3 Å². The number of rotatable bonds is 8. The number of hydrogen-bond acceptors (Lipinski definition) is 8. The zero-order valence-corrected chi connectivity index (χ0v) is 23.5. The molecule has 4 aromatic rings. The van der Waals surface area contributed by atoms with Gasteiger partial charge in [0, 0.05) is 17.1 Å². The highest BCUT2D eigenvalue weighted by molar-refractivity contribution is 9.10. The van der Waals surface area contributed by atoms with Crippen LogP contribution in [0.25, 0.3) is 16.5 Å². The number of aromatic nitrogens is 5. The molecular formula is C27H26BrN5O5S. The summed E-state index contributed by atoms with van der Waals surface area (Å²) in [5.41, 5.74) is 1.81. The van der Waals surface area contributed by atoms with Gasteiger partial charge in [-0.2, -0.15) is 0 Å². The average Bonchev–Trinajstić information content (AvgIpc) is 3.56. The fourth-order valence-electron chi connectivity index (χ4n) is 4.97. The summed E-state index contributed by atoms with van der Waals surface area (Å²) in [5, 5.41) is 11.4. The van der Waals surface area contributed by atoms with Gasteiger partial charge >= 0.3 is 11.7 Å². The van der Waals surface area contributed by atoms with Gasteiger partial charge in [-0.25, -0.2) is 4.79 Å². The van der Waals surface area contributed by atoms with Crippen molar-refractivity contribution >= 4 is 44.4 Å². The quantitative estimate of drug-likeness (QED) is 0.232. The molecule has 1 aliphatic carbocycles. The molecule has 0 amide bonds. The molecule has 39 heavy (non-hydrogen) atoms. The van der Waals surface area contributed by atoms with Crippen molar-refractivity contribution in [3.63, 3.8) is 0 Å². The number of benzene rings is 2. The zero-order chi connectivity index (χ0) is 27.1. The van der Waals surface area contributed by atoms with E-state index in [2.05, 4.69) is 61.4 Å². The van der Waals surface area contributed by atoms with E-state index in [-0.39, 0.29) is 18.5 Å². The van der Waals surface area contributed by atoms with Crippen LogP contribution in [0.2, 0.25) is 0 Å². The Balaban J connectivity index is 1.09. The molecule has 202 valence electrons. The second kappa shape index (κ2) is 10.7. The number of aromatic amines is 1. The SMILES string of the molecule is Cc1cn([C@H]2CC[C@@H](COC(=O)CSc3nnc(Br)n3-c3ccc(C4CC4)c4ccccc34)O2)c(=O)[nH]c1=O. The summed E-state index contributed by atoms with van der Waals surface area (Å²) in [5.74, 6) is 0.277. The molecule has 1 saturated heterocycles. The van der Waals surface area contributed by atoms with Crippen LogP contribution in [0.3, 0.4) is 0 Å². The van der Waals surface area contributed by atoms with Gasteiger partial charge in [0.15, 0.2) is 5.16 Å². The number of hydrogen-bond donors (Lipinski definition) is 1. The first-order valence-electron chi connectivity index (χ1n) is 12.8. The molecule has 0 radical (unpaired) electrons. The van der Waals surface area contributed by atoms with E-state index in [0.29, 0.717) is 34.2 Å². The molecule has 0 spiro atoms. The van der Waals surface area contributed by atoms with Crippen LogP contribution >= 0.6 is 27.7 Å². The highest BCUT2D eigenvalue weighted by Crippen LogP contribution is 2.44. The zero-order valence-electron chi connectivity index (χ0n) is 21.1. The summed E-state index contributed by atoms with van der Waals surface area (Å²) in [6, 6.07) is 12.6. The molecule has 1 aliphatic heterocycles. The smallest absolute Gasteiger partial charge is 0.330 e.